The van der Waals surface area contributed by atoms with Gasteiger partial charge in [-0.25, -0.2) is 4.79 Å². The first-order valence-electron chi connectivity index (χ1n) is 7.16. The molecule has 1 saturated heterocycles. The number of anilines is 1. The van der Waals surface area contributed by atoms with Crippen molar-refractivity contribution in [3.05, 3.63) is 70.2 Å². The molecule has 0 spiro atoms. The molecule has 1 fully saturated rings. The van der Waals surface area contributed by atoms with Gasteiger partial charge >= 0.3 is 6.09 Å². The number of nitrogens with zero attached hydrogens (tertiary/aromatic N) is 1. The Balaban J connectivity index is 1.77. The van der Waals surface area contributed by atoms with Crippen LogP contribution in [0.2, 0.25) is 0 Å². The van der Waals surface area contributed by atoms with E-state index in [2.05, 4.69) is 15.9 Å². The van der Waals surface area contributed by atoms with Crippen LogP contribution in [0.5, 0.6) is 0 Å². The molecule has 4 nitrogen and oxygen atoms in total. The summed E-state index contributed by atoms with van der Waals surface area (Å²) < 4.78 is 5.91. The first-order chi connectivity index (χ1) is 11.1. The maximum atomic E-state index is 12.3. The van der Waals surface area contributed by atoms with Crippen LogP contribution in [0.25, 0.3) is 6.08 Å². The van der Waals surface area contributed by atoms with Crippen molar-refractivity contribution in [2.45, 2.75) is 0 Å². The van der Waals surface area contributed by atoms with Gasteiger partial charge < -0.3 is 4.74 Å². The van der Waals surface area contributed by atoms with E-state index in [0.717, 1.165) is 10.0 Å². The van der Waals surface area contributed by atoms with E-state index in [1.165, 1.54) is 11.0 Å². The number of allylic oxidation sites excluding steroid dienone is 1. The monoisotopic (exact) mass is 371 g/mol. The Labute approximate surface area is 142 Å². The van der Waals surface area contributed by atoms with Crippen molar-refractivity contribution in [2.24, 2.45) is 0 Å². The lowest BCUT2D eigenvalue weighted by atomic mass is 10.1. The highest BCUT2D eigenvalue weighted by Gasteiger charge is 2.23. The summed E-state index contributed by atoms with van der Waals surface area (Å²) >= 11 is 3.37. The van der Waals surface area contributed by atoms with Gasteiger partial charge in [0.15, 0.2) is 5.78 Å². The van der Waals surface area contributed by atoms with Crippen molar-refractivity contribution in [2.75, 3.05) is 18.1 Å². The quantitative estimate of drug-likeness (QED) is 0.594. The molecule has 3 rings (SSSR count). The average Bonchev–Trinajstić information content (AvgIpc) is 3.00. The summed E-state index contributed by atoms with van der Waals surface area (Å²) in [5.74, 6) is -0.109. The maximum absolute atomic E-state index is 12.3. The van der Waals surface area contributed by atoms with Crippen LogP contribution in [-0.2, 0) is 4.74 Å². The van der Waals surface area contributed by atoms with E-state index in [-0.39, 0.29) is 11.9 Å². The number of amides is 1. The third-order valence-electron chi connectivity index (χ3n) is 3.50. The fourth-order valence-corrected chi connectivity index (χ4v) is 2.56. The van der Waals surface area contributed by atoms with Crippen LogP contribution in [0.1, 0.15) is 15.9 Å². The lowest BCUT2D eigenvalue weighted by Gasteiger charge is -2.13. The summed E-state index contributed by atoms with van der Waals surface area (Å²) in [6.07, 6.45) is 2.93. The number of carbonyl (C=O) groups is 2. The molecule has 0 aromatic heterocycles. The molecule has 1 heterocycles. The maximum Gasteiger partial charge on any atom is 0.414 e. The fourth-order valence-electron chi connectivity index (χ4n) is 2.30. The van der Waals surface area contributed by atoms with Crippen molar-refractivity contribution in [3.8, 4) is 0 Å². The van der Waals surface area contributed by atoms with E-state index in [1.54, 1.807) is 30.3 Å². The standard InChI is InChI=1S/C18H14BrNO3/c19-15-7-4-13(5-8-15)6-9-17(21)14-2-1-3-16(12-14)20-10-11-23-18(20)22/h1-9,12H,10-11H2. The zero-order valence-electron chi connectivity index (χ0n) is 12.2. The largest absolute Gasteiger partial charge is 0.447 e. The zero-order chi connectivity index (χ0) is 16.2. The summed E-state index contributed by atoms with van der Waals surface area (Å²) in [5, 5.41) is 0. The van der Waals surface area contributed by atoms with Gasteiger partial charge in [0.05, 0.1) is 6.54 Å². The summed E-state index contributed by atoms with van der Waals surface area (Å²) in [7, 11) is 0. The molecule has 0 atom stereocenters. The second kappa shape index (κ2) is 6.79. The Morgan fingerprint density at radius 2 is 1.96 bits per heavy atom. The van der Waals surface area contributed by atoms with Crippen LogP contribution < -0.4 is 4.90 Å². The second-order valence-electron chi connectivity index (χ2n) is 5.07. The van der Waals surface area contributed by atoms with Crippen LogP contribution in [0, 0.1) is 0 Å². The van der Waals surface area contributed by atoms with Crippen molar-refractivity contribution < 1.29 is 14.3 Å². The van der Waals surface area contributed by atoms with Gasteiger partial charge in [-0.15, -0.1) is 0 Å². The summed E-state index contributed by atoms with van der Waals surface area (Å²) in [6.45, 7) is 0.881. The van der Waals surface area contributed by atoms with Gasteiger partial charge in [0.25, 0.3) is 0 Å². The minimum Gasteiger partial charge on any atom is -0.447 e. The normalized spacial score (nSPS) is 14.3. The molecule has 0 saturated carbocycles. The number of hydrogen-bond donors (Lipinski definition) is 0. The smallest absolute Gasteiger partial charge is 0.414 e. The summed E-state index contributed by atoms with van der Waals surface area (Å²) in [5.41, 5.74) is 2.16. The average molecular weight is 372 g/mol. The minimum atomic E-state index is -0.375. The van der Waals surface area contributed by atoms with Crippen molar-refractivity contribution >= 4 is 39.6 Å². The van der Waals surface area contributed by atoms with Gasteiger partial charge in [-0.1, -0.05) is 46.3 Å². The number of ether oxygens (including phenoxy) is 1. The molecule has 1 aliphatic heterocycles. The summed E-state index contributed by atoms with van der Waals surface area (Å²) in [4.78, 5) is 25.4. The Hall–Kier alpha value is -2.40. The third-order valence-corrected chi connectivity index (χ3v) is 4.03. The predicted molar refractivity (Wildman–Crippen MR) is 92.6 cm³/mol. The molecule has 0 bridgehead atoms. The third kappa shape index (κ3) is 3.68. The minimum absolute atomic E-state index is 0.109. The lowest BCUT2D eigenvalue weighted by Crippen LogP contribution is -2.23. The number of cyclic esters (lactones) is 1. The highest BCUT2D eigenvalue weighted by molar-refractivity contribution is 9.10. The van der Waals surface area contributed by atoms with Gasteiger partial charge in [0.2, 0.25) is 0 Å². The van der Waals surface area contributed by atoms with Crippen LogP contribution in [0.15, 0.2) is 59.1 Å². The van der Waals surface area contributed by atoms with Gasteiger partial charge in [-0.3, -0.25) is 9.69 Å². The molecule has 2 aromatic rings. The fraction of sp³-hybridized carbons (Fsp3) is 0.111. The first-order valence-corrected chi connectivity index (χ1v) is 7.95. The van der Waals surface area contributed by atoms with Crippen molar-refractivity contribution in [3.63, 3.8) is 0 Å². The molecule has 0 unspecified atom stereocenters. The number of ketones is 1. The van der Waals surface area contributed by atoms with E-state index in [9.17, 15) is 9.59 Å². The van der Waals surface area contributed by atoms with E-state index >= 15 is 0 Å². The molecule has 0 N–H and O–H groups in total. The molecule has 23 heavy (non-hydrogen) atoms. The van der Waals surface area contributed by atoms with E-state index in [4.69, 9.17) is 4.74 Å². The molecular formula is C18H14BrNO3. The van der Waals surface area contributed by atoms with Crippen LogP contribution in [0.3, 0.4) is 0 Å². The highest BCUT2D eigenvalue weighted by Crippen LogP contribution is 2.20. The number of carbonyl (C=O) groups excluding carboxylic acids is 2. The number of halogens is 1. The molecule has 0 aliphatic carbocycles. The summed E-state index contributed by atoms with van der Waals surface area (Å²) in [6, 6.07) is 14.7. The van der Waals surface area contributed by atoms with E-state index in [0.29, 0.717) is 24.4 Å². The Morgan fingerprint density at radius 1 is 1.17 bits per heavy atom. The molecule has 116 valence electrons. The van der Waals surface area contributed by atoms with E-state index < -0.39 is 0 Å². The van der Waals surface area contributed by atoms with Crippen molar-refractivity contribution in [1.82, 2.24) is 0 Å². The number of hydrogen-bond acceptors (Lipinski definition) is 3. The van der Waals surface area contributed by atoms with Gasteiger partial charge in [0.1, 0.15) is 6.61 Å². The Bertz CT molecular complexity index is 768. The van der Waals surface area contributed by atoms with Gasteiger partial charge in [-0.05, 0) is 35.9 Å². The molecular weight excluding hydrogens is 358 g/mol. The highest BCUT2D eigenvalue weighted by atomic mass is 79.9. The van der Waals surface area contributed by atoms with Crippen LogP contribution in [0.4, 0.5) is 10.5 Å². The van der Waals surface area contributed by atoms with Crippen LogP contribution >= 0.6 is 15.9 Å². The first kappa shape index (κ1) is 15.5. The lowest BCUT2D eigenvalue weighted by molar-refractivity contribution is 0.104. The number of rotatable bonds is 4. The van der Waals surface area contributed by atoms with Gasteiger partial charge in [0, 0.05) is 15.7 Å². The Morgan fingerprint density at radius 3 is 2.65 bits per heavy atom. The molecule has 2 aromatic carbocycles. The molecule has 0 radical (unpaired) electrons. The SMILES string of the molecule is O=C(C=Cc1ccc(Br)cc1)c1cccc(N2CCOC2=O)c1. The zero-order valence-corrected chi connectivity index (χ0v) is 13.8. The second-order valence-corrected chi connectivity index (χ2v) is 5.98. The van der Waals surface area contributed by atoms with E-state index in [1.807, 2.05) is 24.3 Å². The molecule has 5 heteroatoms. The Kier molecular flexibility index (Phi) is 4.57. The topological polar surface area (TPSA) is 46.6 Å². The van der Waals surface area contributed by atoms with Gasteiger partial charge in [-0.2, -0.15) is 0 Å². The number of benzene rings is 2. The van der Waals surface area contributed by atoms with Crippen molar-refractivity contribution in [1.29, 1.82) is 0 Å². The van der Waals surface area contributed by atoms with Crippen LogP contribution in [-0.4, -0.2) is 25.0 Å². The molecule has 1 aliphatic rings. The predicted octanol–water partition coefficient (Wildman–Crippen LogP) is 4.30. The molecule has 1 amide bonds.